The molecule has 3 aliphatic rings. The summed E-state index contributed by atoms with van der Waals surface area (Å²) in [5, 5.41) is 0. The predicted molar refractivity (Wildman–Crippen MR) is 73.7 cm³/mol. The molecule has 0 aromatic rings. The van der Waals surface area contributed by atoms with E-state index >= 15 is 0 Å². The molecule has 3 nitrogen and oxygen atoms in total. The Morgan fingerprint density at radius 3 is 3.05 bits per heavy atom. The number of hydrogen-bond donors (Lipinski definition) is 0. The van der Waals surface area contributed by atoms with Gasteiger partial charge in [0.1, 0.15) is 5.60 Å². The van der Waals surface area contributed by atoms with Gasteiger partial charge >= 0.3 is 0 Å². The summed E-state index contributed by atoms with van der Waals surface area (Å²) in [5.74, 6) is 0.514. The fourth-order valence-corrected chi connectivity index (χ4v) is 3.85. The van der Waals surface area contributed by atoms with Crippen molar-refractivity contribution in [2.45, 2.75) is 76.4 Å². The van der Waals surface area contributed by atoms with Crippen LogP contribution in [0.4, 0.5) is 0 Å². The molecule has 2 unspecified atom stereocenters. The molecular weight excluding hydrogens is 238 g/mol. The zero-order chi connectivity index (χ0) is 13.6. The molecule has 2 bridgehead atoms. The van der Waals surface area contributed by atoms with E-state index in [1.807, 2.05) is 6.92 Å². The molecular formula is C16H23NO2. The topological polar surface area (TPSA) is 22.8 Å². The monoisotopic (exact) mass is 261 g/mol. The van der Waals surface area contributed by atoms with Crippen molar-refractivity contribution in [2.75, 3.05) is 0 Å². The Hall–Kier alpha value is -0.850. The number of rotatable bonds is 2. The van der Waals surface area contributed by atoms with Crippen LogP contribution in [0.25, 0.3) is 4.85 Å². The van der Waals surface area contributed by atoms with E-state index in [9.17, 15) is 0 Å². The maximum Gasteiger partial charge on any atom is 0.223 e. The standard InChI is InChI=1S/C16H23NO2/c1-10-8-16-9-14(12(10)3)18-15(16)6-5-13(19-16)7-11(2)17-4/h8,11-15H,5-7,9H2,1-3H3/t11-,12?,13+,14?,15-,16-/m0/s1. The first-order valence-electron chi connectivity index (χ1n) is 7.43. The van der Waals surface area contributed by atoms with Crippen molar-refractivity contribution in [1.29, 1.82) is 0 Å². The number of nitrogens with zero attached hydrogens (tertiary/aromatic N) is 1. The number of fused-ring (bicyclic) bond motifs is 1. The highest BCUT2D eigenvalue weighted by molar-refractivity contribution is 5.25. The van der Waals surface area contributed by atoms with E-state index in [0.717, 1.165) is 25.7 Å². The maximum atomic E-state index is 7.10. The van der Waals surface area contributed by atoms with Crippen LogP contribution < -0.4 is 0 Å². The lowest BCUT2D eigenvalue weighted by Gasteiger charge is -2.41. The lowest BCUT2D eigenvalue weighted by Crippen LogP contribution is -2.48. The van der Waals surface area contributed by atoms with Gasteiger partial charge in [-0.3, -0.25) is 0 Å². The smallest absolute Gasteiger partial charge is 0.223 e. The molecule has 1 spiro atoms. The number of ether oxygens (including phenoxy) is 2. The first-order valence-corrected chi connectivity index (χ1v) is 7.43. The first kappa shape index (κ1) is 13.1. The average Bonchev–Trinajstić information content (AvgIpc) is 2.70. The molecule has 2 saturated heterocycles. The van der Waals surface area contributed by atoms with Gasteiger partial charge in [-0.1, -0.05) is 18.6 Å². The second-order valence-electron chi connectivity index (χ2n) is 6.53. The van der Waals surface area contributed by atoms with Crippen LogP contribution in [0.5, 0.6) is 0 Å². The molecule has 0 amide bonds. The van der Waals surface area contributed by atoms with Crippen LogP contribution >= 0.6 is 0 Å². The van der Waals surface area contributed by atoms with Gasteiger partial charge in [-0.2, -0.15) is 0 Å². The SMILES string of the molecule is [C-]#[N+][C@@H](C)C[C@H]1CC[C@@H]2OC3C[C@]2(C=C(C)C3C)O1. The van der Waals surface area contributed by atoms with Crippen molar-refractivity contribution in [3.63, 3.8) is 0 Å². The molecule has 0 aromatic carbocycles. The highest BCUT2D eigenvalue weighted by Gasteiger charge is 2.55. The molecule has 0 N–H and O–H groups in total. The van der Waals surface area contributed by atoms with Crippen LogP contribution in [0.2, 0.25) is 0 Å². The molecule has 1 aliphatic carbocycles. The van der Waals surface area contributed by atoms with Gasteiger partial charge in [0.25, 0.3) is 0 Å². The summed E-state index contributed by atoms with van der Waals surface area (Å²) in [6.07, 6.45) is 7.05. The van der Waals surface area contributed by atoms with Gasteiger partial charge < -0.3 is 14.3 Å². The van der Waals surface area contributed by atoms with Crippen molar-refractivity contribution in [2.24, 2.45) is 5.92 Å². The van der Waals surface area contributed by atoms with Crippen molar-refractivity contribution < 1.29 is 9.47 Å². The number of hydrogen-bond acceptors (Lipinski definition) is 2. The van der Waals surface area contributed by atoms with Crippen molar-refractivity contribution in [1.82, 2.24) is 0 Å². The van der Waals surface area contributed by atoms with Gasteiger partial charge in [0.05, 0.1) is 18.3 Å². The molecule has 2 aliphatic heterocycles. The highest BCUT2D eigenvalue weighted by Crippen LogP contribution is 2.49. The average molecular weight is 261 g/mol. The molecule has 3 heteroatoms. The van der Waals surface area contributed by atoms with E-state index in [1.165, 1.54) is 5.57 Å². The molecule has 19 heavy (non-hydrogen) atoms. The third-order valence-corrected chi connectivity index (χ3v) is 5.11. The fourth-order valence-electron chi connectivity index (χ4n) is 3.85. The van der Waals surface area contributed by atoms with Crippen LogP contribution in [0, 0.1) is 12.5 Å². The largest absolute Gasteiger partial charge is 0.371 e. The predicted octanol–water partition coefficient (Wildman–Crippen LogP) is 3.36. The van der Waals surface area contributed by atoms with Gasteiger partial charge in [0, 0.05) is 25.7 Å². The van der Waals surface area contributed by atoms with Crippen LogP contribution in [0.3, 0.4) is 0 Å². The molecule has 104 valence electrons. The minimum absolute atomic E-state index is 0.0589. The Labute approximate surface area is 115 Å². The first-order chi connectivity index (χ1) is 9.04. The third-order valence-electron chi connectivity index (χ3n) is 5.11. The normalized spacial score (nSPS) is 46.1. The minimum atomic E-state index is -0.189. The van der Waals surface area contributed by atoms with E-state index in [2.05, 4.69) is 24.8 Å². The van der Waals surface area contributed by atoms with Crippen molar-refractivity contribution in [3.05, 3.63) is 23.1 Å². The molecule has 0 saturated carbocycles. The summed E-state index contributed by atoms with van der Waals surface area (Å²) in [5.41, 5.74) is 1.21. The van der Waals surface area contributed by atoms with Gasteiger partial charge in [0.2, 0.25) is 6.04 Å². The Morgan fingerprint density at radius 2 is 2.32 bits per heavy atom. The van der Waals surface area contributed by atoms with Crippen LogP contribution in [-0.4, -0.2) is 30.0 Å². The Balaban J connectivity index is 1.79. The maximum absolute atomic E-state index is 7.10. The van der Waals surface area contributed by atoms with Crippen molar-refractivity contribution in [3.8, 4) is 0 Å². The molecule has 3 rings (SSSR count). The molecule has 2 fully saturated rings. The van der Waals surface area contributed by atoms with Gasteiger partial charge in [-0.05, 0) is 19.8 Å². The lowest BCUT2D eigenvalue weighted by atomic mass is 9.77. The lowest BCUT2D eigenvalue weighted by molar-refractivity contribution is -0.141. The molecule has 2 heterocycles. The van der Waals surface area contributed by atoms with Crippen LogP contribution in [0.1, 0.15) is 46.5 Å². The Bertz CT molecular complexity index is 439. The minimum Gasteiger partial charge on any atom is -0.371 e. The van der Waals surface area contributed by atoms with E-state index < -0.39 is 0 Å². The second kappa shape index (κ2) is 4.61. The molecule has 0 radical (unpaired) electrons. The summed E-state index contributed by atoms with van der Waals surface area (Å²) in [6.45, 7) is 13.5. The Kier molecular flexibility index (Phi) is 3.19. The van der Waals surface area contributed by atoms with E-state index in [0.29, 0.717) is 12.0 Å². The third kappa shape index (κ3) is 2.11. The van der Waals surface area contributed by atoms with E-state index in [-0.39, 0.29) is 23.9 Å². The van der Waals surface area contributed by atoms with E-state index in [4.69, 9.17) is 16.0 Å². The van der Waals surface area contributed by atoms with E-state index in [1.54, 1.807) is 0 Å². The van der Waals surface area contributed by atoms with Gasteiger partial charge in [-0.25, -0.2) is 6.57 Å². The fraction of sp³-hybridized carbons (Fsp3) is 0.812. The summed E-state index contributed by atoms with van der Waals surface area (Å²) in [6, 6.07) is 0.0589. The molecule has 0 aromatic heterocycles. The van der Waals surface area contributed by atoms with Crippen LogP contribution in [-0.2, 0) is 9.47 Å². The summed E-state index contributed by atoms with van der Waals surface area (Å²) >= 11 is 0. The Morgan fingerprint density at radius 1 is 1.53 bits per heavy atom. The van der Waals surface area contributed by atoms with Crippen molar-refractivity contribution >= 4 is 0 Å². The zero-order valence-corrected chi connectivity index (χ0v) is 12.1. The van der Waals surface area contributed by atoms with Gasteiger partial charge in [0.15, 0.2) is 0 Å². The second-order valence-corrected chi connectivity index (χ2v) is 6.53. The summed E-state index contributed by atoms with van der Waals surface area (Å²) in [7, 11) is 0. The van der Waals surface area contributed by atoms with Crippen LogP contribution in [0.15, 0.2) is 11.6 Å². The molecule has 6 atom stereocenters. The highest BCUT2D eigenvalue weighted by atomic mass is 16.6. The summed E-state index contributed by atoms with van der Waals surface area (Å²) < 4.78 is 12.6. The quantitative estimate of drug-likeness (QED) is 0.562. The summed E-state index contributed by atoms with van der Waals surface area (Å²) in [4.78, 5) is 3.60. The zero-order valence-electron chi connectivity index (χ0n) is 12.1. The van der Waals surface area contributed by atoms with Gasteiger partial charge in [-0.15, -0.1) is 0 Å².